The van der Waals surface area contributed by atoms with Gasteiger partial charge in [-0.15, -0.1) is 0 Å². The molecule has 19 heavy (non-hydrogen) atoms. The van der Waals surface area contributed by atoms with Crippen LogP contribution in [0.15, 0.2) is 0 Å². The Balaban J connectivity index is 1.56. The Morgan fingerprint density at radius 3 is 2.84 bits per heavy atom. The molecular formula is C16H30N2O. The zero-order valence-electron chi connectivity index (χ0n) is 12.4. The van der Waals surface area contributed by atoms with Crippen LogP contribution in [-0.2, 0) is 4.74 Å². The van der Waals surface area contributed by atoms with Crippen molar-refractivity contribution in [3.63, 3.8) is 0 Å². The number of morpholine rings is 1. The predicted molar refractivity (Wildman–Crippen MR) is 78.4 cm³/mol. The maximum absolute atomic E-state index is 6.21. The summed E-state index contributed by atoms with van der Waals surface area (Å²) in [6.45, 7) is 6.73. The first kappa shape index (κ1) is 13.8. The second kappa shape index (κ2) is 6.55. The van der Waals surface area contributed by atoms with Gasteiger partial charge in [0.15, 0.2) is 0 Å². The molecule has 3 nitrogen and oxygen atoms in total. The summed E-state index contributed by atoms with van der Waals surface area (Å²) in [5.74, 6) is 0.948. The number of hydrogen-bond acceptors (Lipinski definition) is 3. The number of fused-ring (bicyclic) bond motifs is 1. The third-order valence-corrected chi connectivity index (χ3v) is 5.39. The highest BCUT2D eigenvalue weighted by Crippen LogP contribution is 2.31. The van der Waals surface area contributed by atoms with Gasteiger partial charge in [-0.3, -0.25) is 4.90 Å². The molecule has 0 aromatic rings. The first-order valence-electron chi connectivity index (χ1n) is 8.46. The van der Waals surface area contributed by atoms with Crippen molar-refractivity contribution >= 4 is 0 Å². The Morgan fingerprint density at radius 2 is 2.05 bits per heavy atom. The van der Waals surface area contributed by atoms with E-state index in [1.165, 1.54) is 51.5 Å². The van der Waals surface area contributed by atoms with Crippen molar-refractivity contribution in [2.45, 2.75) is 70.1 Å². The van der Waals surface area contributed by atoms with Gasteiger partial charge in [0, 0.05) is 18.6 Å². The molecule has 3 aliphatic rings. The van der Waals surface area contributed by atoms with Gasteiger partial charge in [-0.05, 0) is 38.3 Å². The third kappa shape index (κ3) is 3.32. The molecule has 3 heteroatoms. The molecule has 0 aromatic heterocycles. The smallest absolute Gasteiger partial charge is 0.0855 e. The first-order chi connectivity index (χ1) is 9.36. The molecular weight excluding hydrogens is 236 g/mol. The summed E-state index contributed by atoms with van der Waals surface area (Å²) in [5, 5.41) is 3.71. The van der Waals surface area contributed by atoms with E-state index in [-0.39, 0.29) is 0 Å². The molecule has 0 spiro atoms. The van der Waals surface area contributed by atoms with Crippen molar-refractivity contribution in [1.82, 2.24) is 10.2 Å². The summed E-state index contributed by atoms with van der Waals surface area (Å²) < 4.78 is 6.21. The molecule has 1 aliphatic carbocycles. The zero-order chi connectivity index (χ0) is 13.1. The van der Waals surface area contributed by atoms with E-state index in [1.807, 2.05) is 0 Å². The molecule has 1 N–H and O–H groups in total. The molecule has 2 heterocycles. The van der Waals surface area contributed by atoms with Crippen LogP contribution < -0.4 is 5.32 Å². The van der Waals surface area contributed by atoms with Crippen LogP contribution in [0.2, 0.25) is 0 Å². The van der Waals surface area contributed by atoms with Crippen LogP contribution in [0.4, 0.5) is 0 Å². The van der Waals surface area contributed by atoms with Crippen LogP contribution in [0.25, 0.3) is 0 Å². The molecule has 3 unspecified atom stereocenters. The van der Waals surface area contributed by atoms with E-state index >= 15 is 0 Å². The Labute approximate surface area is 118 Å². The normalized spacial score (nSPS) is 34.6. The van der Waals surface area contributed by atoms with Gasteiger partial charge >= 0.3 is 0 Å². The standard InChI is InChI=1S/C16H30N2O/c1-2-17-15(10-13-6-3-4-7-13)16-11-18-9-5-8-14(18)12-19-16/h13-17H,2-12H2,1H3. The Bertz CT molecular complexity index is 278. The van der Waals surface area contributed by atoms with E-state index in [0.717, 1.165) is 31.7 Å². The fourth-order valence-corrected chi connectivity index (χ4v) is 4.32. The number of rotatable bonds is 5. The van der Waals surface area contributed by atoms with Crippen molar-refractivity contribution < 1.29 is 4.74 Å². The SMILES string of the molecule is CCNC(CC1CCCC1)C1CN2CCCC2CO1. The van der Waals surface area contributed by atoms with Gasteiger partial charge in [0.2, 0.25) is 0 Å². The summed E-state index contributed by atoms with van der Waals surface area (Å²) >= 11 is 0. The quantitative estimate of drug-likeness (QED) is 0.827. The van der Waals surface area contributed by atoms with E-state index < -0.39 is 0 Å². The van der Waals surface area contributed by atoms with E-state index in [2.05, 4.69) is 17.1 Å². The van der Waals surface area contributed by atoms with Gasteiger partial charge in [-0.25, -0.2) is 0 Å². The maximum Gasteiger partial charge on any atom is 0.0855 e. The summed E-state index contributed by atoms with van der Waals surface area (Å²) in [7, 11) is 0. The van der Waals surface area contributed by atoms with Gasteiger partial charge < -0.3 is 10.1 Å². The lowest BCUT2D eigenvalue weighted by Crippen LogP contribution is -2.54. The Kier molecular flexibility index (Phi) is 4.78. The van der Waals surface area contributed by atoms with Crippen LogP contribution in [0, 0.1) is 5.92 Å². The minimum Gasteiger partial charge on any atom is -0.374 e. The molecule has 1 saturated carbocycles. The lowest BCUT2D eigenvalue weighted by molar-refractivity contribution is -0.0673. The minimum atomic E-state index is 0.426. The summed E-state index contributed by atoms with van der Waals surface area (Å²) in [6, 6.07) is 1.31. The molecule has 2 saturated heterocycles. The molecule has 3 atom stereocenters. The maximum atomic E-state index is 6.21. The molecule has 3 rings (SSSR count). The van der Waals surface area contributed by atoms with E-state index in [0.29, 0.717) is 12.1 Å². The van der Waals surface area contributed by atoms with Crippen molar-refractivity contribution in [1.29, 1.82) is 0 Å². The zero-order valence-corrected chi connectivity index (χ0v) is 12.4. The van der Waals surface area contributed by atoms with E-state index in [1.54, 1.807) is 0 Å². The highest BCUT2D eigenvalue weighted by atomic mass is 16.5. The van der Waals surface area contributed by atoms with Crippen LogP contribution in [0.3, 0.4) is 0 Å². The molecule has 2 aliphatic heterocycles. The molecule has 0 amide bonds. The minimum absolute atomic E-state index is 0.426. The van der Waals surface area contributed by atoms with Gasteiger partial charge in [0.25, 0.3) is 0 Å². The molecule has 0 aromatic carbocycles. The van der Waals surface area contributed by atoms with E-state index in [9.17, 15) is 0 Å². The number of nitrogens with one attached hydrogen (secondary N) is 1. The molecule has 110 valence electrons. The van der Waals surface area contributed by atoms with Crippen molar-refractivity contribution in [2.75, 3.05) is 26.2 Å². The molecule has 0 bridgehead atoms. The lowest BCUT2D eigenvalue weighted by Gasteiger charge is -2.39. The summed E-state index contributed by atoms with van der Waals surface area (Å²) in [4.78, 5) is 2.67. The average Bonchev–Trinajstić information content (AvgIpc) is 3.08. The van der Waals surface area contributed by atoms with Crippen molar-refractivity contribution in [3.05, 3.63) is 0 Å². The topological polar surface area (TPSA) is 24.5 Å². The van der Waals surface area contributed by atoms with Gasteiger partial charge in [0.05, 0.1) is 12.7 Å². The fraction of sp³-hybridized carbons (Fsp3) is 1.00. The van der Waals surface area contributed by atoms with Crippen LogP contribution >= 0.6 is 0 Å². The van der Waals surface area contributed by atoms with Crippen LogP contribution in [-0.4, -0.2) is 49.3 Å². The Morgan fingerprint density at radius 1 is 1.21 bits per heavy atom. The number of hydrogen-bond donors (Lipinski definition) is 1. The highest BCUT2D eigenvalue weighted by Gasteiger charge is 2.36. The first-order valence-corrected chi connectivity index (χ1v) is 8.46. The second-order valence-corrected chi connectivity index (χ2v) is 6.71. The summed E-state index contributed by atoms with van der Waals surface area (Å²) in [6.07, 6.45) is 10.3. The Hall–Kier alpha value is -0.120. The van der Waals surface area contributed by atoms with Crippen LogP contribution in [0.5, 0.6) is 0 Å². The predicted octanol–water partition coefficient (Wildman–Crippen LogP) is 2.41. The van der Waals surface area contributed by atoms with Crippen LogP contribution in [0.1, 0.15) is 51.9 Å². The second-order valence-electron chi connectivity index (χ2n) is 6.71. The molecule has 0 radical (unpaired) electrons. The van der Waals surface area contributed by atoms with Gasteiger partial charge in [0.1, 0.15) is 0 Å². The number of likely N-dealkylation sites (N-methyl/N-ethyl adjacent to an activating group) is 1. The third-order valence-electron chi connectivity index (χ3n) is 5.39. The summed E-state index contributed by atoms with van der Waals surface area (Å²) in [5.41, 5.74) is 0. The van der Waals surface area contributed by atoms with E-state index in [4.69, 9.17) is 4.74 Å². The highest BCUT2D eigenvalue weighted by molar-refractivity contribution is 4.91. The average molecular weight is 266 g/mol. The molecule has 3 fully saturated rings. The largest absolute Gasteiger partial charge is 0.374 e. The monoisotopic (exact) mass is 266 g/mol. The van der Waals surface area contributed by atoms with Crippen molar-refractivity contribution in [2.24, 2.45) is 5.92 Å². The van der Waals surface area contributed by atoms with Gasteiger partial charge in [-0.2, -0.15) is 0 Å². The van der Waals surface area contributed by atoms with Crippen molar-refractivity contribution in [3.8, 4) is 0 Å². The lowest BCUT2D eigenvalue weighted by atomic mass is 9.94. The number of nitrogens with zero attached hydrogens (tertiary/aromatic N) is 1. The fourth-order valence-electron chi connectivity index (χ4n) is 4.32. The van der Waals surface area contributed by atoms with Gasteiger partial charge in [-0.1, -0.05) is 32.6 Å². The number of ether oxygens (including phenoxy) is 1.